The third-order valence-electron chi connectivity index (χ3n) is 5.89. The minimum Gasteiger partial charge on any atom is -0.497 e. The first-order chi connectivity index (χ1) is 15.0. The molecular formula is C25H27ClN2O3. The summed E-state index contributed by atoms with van der Waals surface area (Å²) < 4.78 is 13.1. The smallest absolute Gasteiger partial charge is 0.255 e. The number of rotatable bonds is 5. The van der Waals surface area contributed by atoms with Crippen molar-refractivity contribution in [2.45, 2.75) is 26.2 Å². The number of benzene rings is 2. The second-order valence-electron chi connectivity index (χ2n) is 7.76. The fourth-order valence-electron chi connectivity index (χ4n) is 4.22. The lowest BCUT2D eigenvalue weighted by atomic mass is 10.1. The Bertz CT molecular complexity index is 1080. The van der Waals surface area contributed by atoms with Crippen LogP contribution in [-0.2, 0) is 0 Å². The molecule has 5 nitrogen and oxygen atoms in total. The van der Waals surface area contributed by atoms with Gasteiger partial charge in [0.2, 0.25) is 0 Å². The Morgan fingerprint density at radius 3 is 2.29 bits per heavy atom. The van der Waals surface area contributed by atoms with Gasteiger partial charge in [0, 0.05) is 41.1 Å². The molecule has 1 aromatic heterocycles. The molecule has 0 bridgehead atoms. The number of halogens is 1. The van der Waals surface area contributed by atoms with Crippen molar-refractivity contribution in [2.75, 3.05) is 27.3 Å². The fraction of sp³-hybridized carbons (Fsp3) is 0.320. The van der Waals surface area contributed by atoms with Gasteiger partial charge in [-0.15, -0.1) is 0 Å². The lowest BCUT2D eigenvalue weighted by Crippen LogP contribution is -2.35. The van der Waals surface area contributed by atoms with E-state index in [1.165, 1.54) is 6.42 Å². The molecule has 0 aliphatic carbocycles. The van der Waals surface area contributed by atoms with E-state index < -0.39 is 0 Å². The van der Waals surface area contributed by atoms with Gasteiger partial charge in [-0.1, -0.05) is 11.6 Å². The van der Waals surface area contributed by atoms with Crippen LogP contribution in [0.1, 0.15) is 35.3 Å². The maximum atomic E-state index is 13.4. The number of carbonyl (C=O) groups is 1. The molecule has 2 heterocycles. The average molecular weight is 439 g/mol. The zero-order valence-electron chi connectivity index (χ0n) is 18.2. The van der Waals surface area contributed by atoms with Crippen LogP contribution in [0.15, 0.2) is 48.5 Å². The Hall–Kier alpha value is -2.92. The van der Waals surface area contributed by atoms with Crippen molar-refractivity contribution in [1.82, 2.24) is 9.47 Å². The number of nitrogens with zero attached hydrogens (tertiary/aromatic N) is 2. The van der Waals surface area contributed by atoms with Crippen LogP contribution in [0.25, 0.3) is 16.9 Å². The molecule has 6 heteroatoms. The van der Waals surface area contributed by atoms with Crippen LogP contribution < -0.4 is 9.47 Å². The monoisotopic (exact) mass is 438 g/mol. The van der Waals surface area contributed by atoms with E-state index in [2.05, 4.69) is 4.57 Å². The summed E-state index contributed by atoms with van der Waals surface area (Å²) in [7, 11) is 3.27. The SMILES string of the molecule is COc1ccc(-c2cc(C(=O)N3CCCCC3)c(C)n2-c2ccc(Cl)cc2)c(OC)c1. The standard InChI is InChI=1S/C25H27ClN2O3/c1-17-22(25(29)27-13-5-4-6-14-27)16-23(28(17)19-9-7-18(26)8-10-19)21-12-11-20(30-2)15-24(21)31-3/h7-12,15-16H,4-6,13-14H2,1-3H3. The van der Waals surface area contributed by atoms with Gasteiger partial charge in [-0.25, -0.2) is 0 Å². The predicted molar refractivity (Wildman–Crippen MR) is 124 cm³/mol. The van der Waals surface area contributed by atoms with E-state index >= 15 is 0 Å². The Morgan fingerprint density at radius 2 is 1.65 bits per heavy atom. The number of likely N-dealkylation sites (tertiary alicyclic amines) is 1. The van der Waals surface area contributed by atoms with Crippen molar-refractivity contribution in [1.29, 1.82) is 0 Å². The molecule has 1 aliphatic heterocycles. The highest BCUT2D eigenvalue weighted by Crippen LogP contribution is 2.38. The van der Waals surface area contributed by atoms with Gasteiger partial charge in [0.15, 0.2) is 0 Å². The molecule has 0 unspecified atom stereocenters. The Balaban J connectivity index is 1.89. The van der Waals surface area contributed by atoms with Crippen LogP contribution in [0.5, 0.6) is 11.5 Å². The van der Waals surface area contributed by atoms with Crippen LogP contribution in [0.4, 0.5) is 0 Å². The summed E-state index contributed by atoms with van der Waals surface area (Å²) in [5.41, 5.74) is 4.32. The van der Waals surface area contributed by atoms with Crippen LogP contribution in [-0.4, -0.2) is 42.7 Å². The van der Waals surface area contributed by atoms with E-state index in [1.807, 2.05) is 60.4 Å². The zero-order chi connectivity index (χ0) is 22.0. The van der Waals surface area contributed by atoms with Crippen LogP contribution in [0, 0.1) is 6.92 Å². The normalized spacial score (nSPS) is 13.9. The Morgan fingerprint density at radius 1 is 0.935 bits per heavy atom. The van der Waals surface area contributed by atoms with Gasteiger partial charge in [0.25, 0.3) is 5.91 Å². The molecule has 1 saturated heterocycles. The molecule has 0 saturated carbocycles. The Kier molecular flexibility index (Phi) is 6.23. The van der Waals surface area contributed by atoms with Crippen molar-refractivity contribution < 1.29 is 14.3 Å². The lowest BCUT2D eigenvalue weighted by Gasteiger charge is -2.26. The minimum absolute atomic E-state index is 0.0821. The van der Waals surface area contributed by atoms with Crippen molar-refractivity contribution >= 4 is 17.5 Å². The second kappa shape index (κ2) is 9.06. The van der Waals surface area contributed by atoms with Crippen molar-refractivity contribution in [2.24, 2.45) is 0 Å². The van der Waals surface area contributed by atoms with Crippen molar-refractivity contribution in [3.63, 3.8) is 0 Å². The zero-order valence-corrected chi connectivity index (χ0v) is 18.9. The number of carbonyl (C=O) groups excluding carboxylic acids is 1. The number of ether oxygens (including phenoxy) is 2. The number of amides is 1. The molecule has 0 atom stereocenters. The number of aromatic nitrogens is 1. The summed E-state index contributed by atoms with van der Waals surface area (Å²) in [6, 6.07) is 15.3. The summed E-state index contributed by atoms with van der Waals surface area (Å²) in [4.78, 5) is 15.4. The number of piperidine rings is 1. The molecule has 1 aliphatic rings. The molecular weight excluding hydrogens is 412 g/mol. The van der Waals surface area contributed by atoms with E-state index in [-0.39, 0.29) is 5.91 Å². The highest BCUT2D eigenvalue weighted by atomic mass is 35.5. The highest BCUT2D eigenvalue weighted by Gasteiger charge is 2.25. The first-order valence-corrected chi connectivity index (χ1v) is 10.9. The number of hydrogen-bond acceptors (Lipinski definition) is 3. The second-order valence-corrected chi connectivity index (χ2v) is 8.20. The van der Waals surface area contributed by atoms with Crippen LogP contribution in [0.2, 0.25) is 5.02 Å². The molecule has 3 aromatic rings. The maximum absolute atomic E-state index is 13.4. The van der Waals surface area contributed by atoms with E-state index in [4.69, 9.17) is 21.1 Å². The van der Waals surface area contributed by atoms with E-state index in [9.17, 15) is 4.79 Å². The van der Waals surface area contributed by atoms with Crippen molar-refractivity contribution in [3.05, 3.63) is 64.8 Å². The molecule has 31 heavy (non-hydrogen) atoms. The van der Waals surface area contributed by atoms with Crippen molar-refractivity contribution in [3.8, 4) is 28.4 Å². The van der Waals surface area contributed by atoms with E-state index in [1.54, 1.807) is 14.2 Å². The third-order valence-corrected chi connectivity index (χ3v) is 6.14. The van der Waals surface area contributed by atoms with Gasteiger partial charge in [0.1, 0.15) is 11.5 Å². The largest absolute Gasteiger partial charge is 0.497 e. The molecule has 2 aromatic carbocycles. The van der Waals surface area contributed by atoms with E-state index in [0.717, 1.165) is 48.6 Å². The minimum atomic E-state index is 0.0821. The van der Waals surface area contributed by atoms with Crippen LogP contribution >= 0.6 is 11.6 Å². The summed E-state index contributed by atoms with van der Waals surface area (Å²) in [5.74, 6) is 1.48. The molecule has 1 amide bonds. The van der Waals surface area contributed by atoms with Gasteiger partial charge < -0.3 is 18.9 Å². The fourth-order valence-corrected chi connectivity index (χ4v) is 4.35. The number of methoxy groups -OCH3 is 2. The van der Waals surface area contributed by atoms with Gasteiger partial charge in [-0.3, -0.25) is 4.79 Å². The molecule has 1 fully saturated rings. The van der Waals surface area contributed by atoms with Gasteiger partial charge in [-0.05, 0) is 68.7 Å². The summed E-state index contributed by atoms with van der Waals surface area (Å²) in [6.07, 6.45) is 3.30. The summed E-state index contributed by atoms with van der Waals surface area (Å²) in [6.45, 7) is 3.61. The maximum Gasteiger partial charge on any atom is 0.255 e. The third kappa shape index (κ3) is 4.15. The van der Waals surface area contributed by atoms with E-state index in [0.29, 0.717) is 22.1 Å². The van der Waals surface area contributed by atoms with Crippen LogP contribution in [0.3, 0.4) is 0 Å². The van der Waals surface area contributed by atoms with Gasteiger partial charge in [0.05, 0.1) is 25.5 Å². The molecule has 0 N–H and O–H groups in total. The highest BCUT2D eigenvalue weighted by molar-refractivity contribution is 6.30. The predicted octanol–water partition coefficient (Wildman–Crippen LogP) is 5.75. The van der Waals surface area contributed by atoms with Gasteiger partial charge in [-0.2, -0.15) is 0 Å². The quantitative estimate of drug-likeness (QED) is 0.509. The molecule has 0 radical (unpaired) electrons. The van der Waals surface area contributed by atoms with Gasteiger partial charge >= 0.3 is 0 Å². The first kappa shape index (κ1) is 21.3. The number of hydrogen-bond donors (Lipinski definition) is 0. The molecule has 4 rings (SSSR count). The first-order valence-electron chi connectivity index (χ1n) is 10.5. The summed E-state index contributed by atoms with van der Waals surface area (Å²) >= 11 is 6.13. The average Bonchev–Trinajstić information content (AvgIpc) is 3.16. The molecule has 162 valence electrons. The topological polar surface area (TPSA) is 43.7 Å². The lowest BCUT2D eigenvalue weighted by molar-refractivity contribution is 0.0723. The summed E-state index contributed by atoms with van der Waals surface area (Å²) in [5, 5.41) is 0.668. The Labute approximate surface area is 188 Å². The molecule has 0 spiro atoms.